The van der Waals surface area contributed by atoms with Gasteiger partial charge in [-0.1, -0.05) is 20.8 Å². The van der Waals surface area contributed by atoms with Crippen LogP contribution in [-0.2, 0) is 9.84 Å². The molecule has 1 aromatic carbocycles. The molecule has 0 spiro atoms. The average Bonchev–Trinajstić information content (AvgIpc) is 3.11. The lowest BCUT2D eigenvalue weighted by atomic mass is 10.0. The highest BCUT2D eigenvalue weighted by Crippen LogP contribution is 2.25. The summed E-state index contributed by atoms with van der Waals surface area (Å²) in [5.41, 5.74) is 2.52. The van der Waals surface area contributed by atoms with E-state index < -0.39 is 9.84 Å². The van der Waals surface area contributed by atoms with Crippen molar-refractivity contribution in [2.45, 2.75) is 51.5 Å². The average molecular weight is 415 g/mol. The number of hydrogen-bond donors (Lipinski definition) is 1. The van der Waals surface area contributed by atoms with E-state index >= 15 is 0 Å². The van der Waals surface area contributed by atoms with Crippen molar-refractivity contribution in [3.05, 3.63) is 47.8 Å². The fourth-order valence-corrected chi connectivity index (χ4v) is 3.89. The third-order valence-electron chi connectivity index (χ3n) is 4.76. The minimum atomic E-state index is -3.28. The third kappa shape index (κ3) is 4.17. The standard InChI is InChI=1S/C21H26N4O3S/c1-6-29(27,28)16-9-7-15(8-10-16)23-21(26)17-11-19(13(2)3)24-20-18(17)12-22-25(20)14(4)5/h7-14H,6H2,1-5H3,(H,23,26). The van der Waals surface area contributed by atoms with Crippen LogP contribution in [0.3, 0.4) is 0 Å². The molecule has 0 atom stereocenters. The number of anilines is 1. The van der Waals surface area contributed by atoms with Crippen LogP contribution in [0.4, 0.5) is 5.69 Å². The molecule has 29 heavy (non-hydrogen) atoms. The summed E-state index contributed by atoms with van der Waals surface area (Å²) in [6.45, 7) is 9.69. The number of benzene rings is 1. The van der Waals surface area contributed by atoms with Crippen LogP contribution in [0.2, 0.25) is 0 Å². The Labute approximate surface area is 171 Å². The van der Waals surface area contributed by atoms with Crippen molar-refractivity contribution < 1.29 is 13.2 Å². The summed E-state index contributed by atoms with van der Waals surface area (Å²) in [5.74, 6) is -0.0976. The lowest BCUT2D eigenvalue weighted by molar-refractivity contribution is 0.102. The van der Waals surface area contributed by atoms with E-state index in [2.05, 4.69) is 10.4 Å². The van der Waals surface area contributed by atoms with E-state index in [0.717, 1.165) is 5.69 Å². The number of pyridine rings is 1. The first-order valence-electron chi connectivity index (χ1n) is 9.66. The Kier molecular flexibility index (Phi) is 5.75. The van der Waals surface area contributed by atoms with Crippen molar-refractivity contribution in [3.63, 3.8) is 0 Å². The lowest BCUT2D eigenvalue weighted by Gasteiger charge is -2.12. The van der Waals surface area contributed by atoms with Gasteiger partial charge in [0.2, 0.25) is 0 Å². The normalized spacial score (nSPS) is 12.1. The van der Waals surface area contributed by atoms with Crippen molar-refractivity contribution in [2.75, 3.05) is 11.1 Å². The maximum Gasteiger partial charge on any atom is 0.256 e. The largest absolute Gasteiger partial charge is 0.322 e. The molecular formula is C21H26N4O3S. The smallest absolute Gasteiger partial charge is 0.256 e. The number of nitrogens with one attached hydrogen (secondary N) is 1. The molecule has 0 aliphatic heterocycles. The van der Waals surface area contributed by atoms with E-state index in [4.69, 9.17) is 4.98 Å². The number of aromatic nitrogens is 3. The van der Waals surface area contributed by atoms with Gasteiger partial charge < -0.3 is 5.32 Å². The van der Waals surface area contributed by atoms with E-state index in [9.17, 15) is 13.2 Å². The van der Waals surface area contributed by atoms with Crippen LogP contribution in [0, 0.1) is 0 Å². The number of nitrogens with zero attached hydrogens (tertiary/aromatic N) is 3. The minimum Gasteiger partial charge on any atom is -0.322 e. The molecule has 3 rings (SSSR count). The molecule has 0 saturated carbocycles. The van der Waals surface area contributed by atoms with Crippen molar-refractivity contribution >= 4 is 32.5 Å². The van der Waals surface area contributed by atoms with Gasteiger partial charge in [0.05, 0.1) is 27.8 Å². The Morgan fingerprint density at radius 2 is 1.79 bits per heavy atom. The third-order valence-corrected chi connectivity index (χ3v) is 6.51. The van der Waals surface area contributed by atoms with Gasteiger partial charge in [0, 0.05) is 17.4 Å². The highest BCUT2D eigenvalue weighted by atomic mass is 32.2. The van der Waals surface area contributed by atoms with Crippen LogP contribution >= 0.6 is 0 Å². The van der Waals surface area contributed by atoms with E-state index in [-0.39, 0.29) is 28.5 Å². The van der Waals surface area contributed by atoms with Gasteiger partial charge in [0.15, 0.2) is 15.5 Å². The Balaban J connectivity index is 1.98. The van der Waals surface area contributed by atoms with Crippen LogP contribution < -0.4 is 5.32 Å². The van der Waals surface area contributed by atoms with Crippen molar-refractivity contribution in [1.82, 2.24) is 14.8 Å². The molecule has 1 N–H and O–H groups in total. The SMILES string of the molecule is CCS(=O)(=O)c1ccc(NC(=O)c2cc(C(C)C)nc3c2cnn3C(C)C)cc1. The molecule has 0 aliphatic carbocycles. The van der Waals surface area contributed by atoms with Crippen molar-refractivity contribution in [1.29, 1.82) is 0 Å². The molecule has 0 saturated heterocycles. The van der Waals surface area contributed by atoms with E-state index in [1.807, 2.05) is 32.4 Å². The van der Waals surface area contributed by atoms with Gasteiger partial charge in [-0.25, -0.2) is 18.1 Å². The van der Waals surface area contributed by atoms with Gasteiger partial charge in [-0.15, -0.1) is 0 Å². The Morgan fingerprint density at radius 1 is 1.14 bits per heavy atom. The molecule has 0 radical (unpaired) electrons. The second-order valence-electron chi connectivity index (χ2n) is 7.55. The van der Waals surface area contributed by atoms with Crippen LogP contribution in [-0.4, -0.2) is 34.8 Å². The summed E-state index contributed by atoms with van der Waals surface area (Å²) in [5, 5.41) is 7.94. The summed E-state index contributed by atoms with van der Waals surface area (Å²) < 4.78 is 25.7. The first kappa shape index (κ1) is 21.0. The number of sulfone groups is 1. The molecule has 0 unspecified atom stereocenters. The predicted molar refractivity (Wildman–Crippen MR) is 114 cm³/mol. The van der Waals surface area contributed by atoms with Crippen molar-refractivity contribution in [2.24, 2.45) is 0 Å². The van der Waals surface area contributed by atoms with E-state index in [1.165, 1.54) is 12.1 Å². The number of fused-ring (bicyclic) bond motifs is 1. The molecule has 0 fully saturated rings. The molecule has 154 valence electrons. The number of amides is 1. The molecule has 1 amide bonds. The highest BCUT2D eigenvalue weighted by Gasteiger charge is 2.19. The summed E-state index contributed by atoms with van der Waals surface area (Å²) in [7, 11) is -3.28. The molecule has 8 heteroatoms. The highest BCUT2D eigenvalue weighted by molar-refractivity contribution is 7.91. The maximum absolute atomic E-state index is 13.0. The fourth-order valence-electron chi connectivity index (χ4n) is 3.01. The van der Waals surface area contributed by atoms with Crippen LogP contribution in [0.15, 0.2) is 41.4 Å². The van der Waals surface area contributed by atoms with Gasteiger partial charge in [-0.05, 0) is 50.1 Å². The Hall–Kier alpha value is -2.74. The Morgan fingerprint density at radius 3 is 2.34 bits per heavy atom. The summed E-state index contributed by atoms with van der Waals surface area (Å²) in [6, 6.07) is 8.12. The van der Waals surface area contributed by atoms with Gasteiger partial charge >= 0.3 is 0 Å². The second-order valence-corrected chi connectivity index (χ2v) is 9.83. The van der Waals surface area contributed by atoms with Crippen molar-refractivity contribution in [3.8, 4) is 0 Å². The molecule has 0 aliphatic rings. The number of carbonyl (C=O) groups excluding carboxylic acids is 1. The second kappa shape index (κ2) is 7.94. The molecule has 7 nitrogen and oxygen atoms in total. The van der Waals surface area contributed by atoms with Gasteiger partial charge in [-0.3, -0.25) is 4.79 Å². The van der Waals surface area contributed by atoms with Gasteiger partial charge in [0.1, 0.15) is 0 Å². The first-order chi connectivity index (χ1) is 13.6. The quantitative estimate of drug-likeness (QED) is 0.653. The summed E-state index contributed by atoms with van der Waals surface area (Å²) in [4.78, 5) is 18.0. The topological polar surface area (TPSA) is 93.9 Å². The maximum atomic E-state index is 13.0. The number of carbonyl (C=O) groups is 1. The van der Waals surface area contributed by atoms with Crippen LogP contribution in [0.5, 0.6) is 0 Å². The first-order valence-corrected chi connectivity index (χ1v) is 11.3. The Bertz CT molecular complexity index is 1150. The molecular weight excluding hydrogens is 388 g/mol. The molecule has 3 aromatic rings. The zero-order valence-electron chi connectivity index (χ0n) is 17.3. The molecule has 2 aromatic heterocycles. The van der Waals surface area contributed by atoms with E-state index in [0.29, 0.717) is 22.3 Å². The number of rotatable bonds is 6. The van der Waals surface area contributed by atoms with Crippen LogP contribution in [0.1, 0.15) is 62.6 Å². The lowest BCUT2D eigenvalue weighted by Crippen LogP contribution is -2.14. The summed E-state index contributed by atoms with van der Waals surface area (Å²) in [6.07, 6.45) is 1.66. The number of hydrogen-bond acceptors (Lipinski definition) is 5. The zero-order chi connectivity index (χ0) is 21.3. The fraction of sp³-hybridized carbons (Fsp3) is 0.381. The van der Waals surface area contributed by atoms with E-state index in [1.54, 1.807) is 31.3 Å². The minimum absolute atomic E-state index is 0.0333. The molecule has 0 bridgehead atoms. The summed E-state index contributed by atoms with van der Waals surface area (Å²) >= 11 is 0. The van der Waals surface area contributed by atoms with Crippen LogP contribution in [0.25, 0.3) is 11.0 Å². The zero-order valence-corrected chi connectivity index (χ0v) is 18.1. The molecule has 2 heterocycles. The monoisotopic (exact) mass is 414 g/mol. The van der Waals surface area contributed by atoms with Gasteiger partial charge in [0.25, 0.3) is 5.91 Å². The van der Waals surface area contributed by atoms with Gasteiger partial charge in [-0.2, -0.15) is 5.10 Å². The predicted octanol–water partition coefficient (Wildman–Crippen LogP) is 4.18.